The molecule has 1 aromatic rings. The topological polar surface area (TPSA) is 41.1 Å². The third kappa shape index (κ3) is 7.28. The van der Waals surface area contributed by atoms with Gasteiger partial charge in [-0.1, -0.05) is 58.9 Å². The van der Waals surface area contributed by atoms with Gasteiger partial charge in [-0.3, -0.25) is 4.79 Å². The zero-order valence-electron chi connectivity index (χ0n) is 14.1. The normalized spacial score (nSPS) is 11.7. The van der Waals surface area contributed by atoms with Gasteiger partial charge in [-0.05, 0) is 22.5 Å². The lowest BCUT2D eigenvalue weighted by atomic mass is 9.87. The largest absolute Gasteiger partial charge is 0.356 e. The summed E-state index contributed by atoms with van der Waals surface area (Å²) in [6.07, 6.45) is 0.535. The second-order valence-corrected chi connectivity index (χ2v) is 7.07. The van der Waals surface area contributed by atoms with Crippen LogP contribution in [0.15, 0.2) is 24.3 Å². The molecule has 21 heavy (non-hydrogen) atoms. The number of carbonyl (C=O) groups is 1. The lowest BCUT2D eigenvalue weighted by Gasteiger charge is -2.19. The number of hydrogen-bond donors (Lipinski definition) is 2. The summed E-state index contributed by atoms with van der Waals surface area (Å²) in [5, 5.41) is 6.24. The van der Waals surface area contributed by atoms with Crippen LogP contribution in [-0.2, 0) is 16.8 Å². The van der Waals surface area contributed by atoms with Gasteiger partial charge in [0.15, 0.2) is 0 Å². The zero-order chi connectivity index (χ0) is 15.9. The highest BCUT2D eigenvalue weighted by molar-refractivity contribution is 5.76. The molecule has 2 N–H and O–H groups in total. The Morgan fingerprint density at radius 3 is 2.29 bits per heavy atom. The number of rotatable bonds is 7. The first-order chi connectivity index (χ1) is 9.79. The lowest BCUT2D eigenvalue weighted by molar-refractivity contribution is -0.121. The van der Waals surface area contributed by atoms with E-state index in [1.54, 1.807) is 0 Å². The van der Waals surface area contributed by atoms with Gasteiger partial charge in [0.05, 0.1) is 0 Å². The van der Waals surface area contributed by atoms with Crippen LogP contribution < -0.4 is 10.6 Å². The highest BCUT2D eigenvalue weighted by atomic mass is 16.1. The molecule has 3 heteroatoms. The van der Waals surface area contributed by atoms with Crippen molar-refractivity contribution in [3.05, 3.63) is 35.4 Å². The second kappa shape index (κ2) is 8.18. The van der Waals surface area contributed by atoms with Crippen LogP contribution in [-0.4, -0.2) is 19.0 Å². The van der Waals surface area contributed by atoms with E-state index in [1.165, 1.54) is 11.1 Å². The molecule has 0 heterocycles. The molecule has 0 unspecified atom stereocenters. The maximum Gasteiger partial charge on any atom is 0.221 e. The fourth-order valence-corrected chi connectivity index (χ4v) is 1.96. The molecule has 3 nitrogen and oxygen atoms in total. The van der Waals surface area contributed by atoms with Crippen LogP contribution in [0.1, 0.15) is 52.2 Å². The molecule has 1 aromatic carbocycles. The molecule has 0 aliphatic carbocycles. The maximum atomic E-state index is 11.6. The predicted molar refractivity (Wildman–Crippen MR) is 89.3 cm³/mol. The minimum atomic E-state index is 0.124. The van der Waals surface area contributed by atoms with Crippen molar-refractivity contribution in [3.8, 4) is 0 Å². The van der Waals surface area contributed by atoms with E-state index in [-0.39, 0.29) is 11.3 Å². The SMILES string of the molecule is CC(C)CNC(=O)CCNCc1ccc(C(C)(C)C)cc1. The summed E-state index contributed by atoms with van der Waals surface area (Å²) in [6.45, 7) is 13.1. The molecule has 118 valence electrons. The monoisotopic (exact) mass is 290 g/mol. The summed E-state index contributed by atoms with van der Waals surface area (Å²) in [7, 11) is 0. The van der Waals surface area contributed by atoms with Gasteiger partial charge in [0.1, 0.15) is 0 Å². The molecular weight excluding hydrogens is 260 g/mol. The van der Waals surface area contributed by atoms with Crippen molar-refractivity contribution in [2.75, 3.05) is 13.1 Å². The highest BCUT2D eigenvalue weighted by Gasteiger charge is 2.12. The van der Waals surface area contributed by atoms with E-state index < -0.39 is 0 Å². The van der Waals surface area contributed by atoms with E-state index in [9.17, 15) is 4.79 Å². The van der Waals surface area contributed by atoms with Crippen LogP contribution in [0.3, 0.4) is 0 Å². The van der Waals surface area contributed by atoms with Gasteiger partial charge in [0.25, 0.3) is 0 Å². The Balaban J connectivity index is 2.25. The average molecular weight is 290 g/mol. The van der Waals surface area contributed by atoms with Gasteiger partial charge in [-0.15, -0.1) is 0 Å². The molecule has 0 atom stereocenters. The fraction of sp³-hybridized carbons (Fsp3) is 0.611. The summed E-state index contributed by atoms with van der Waals surface area (Å²) in [5.41, 5.74) is 2.80. The predicted octanol–water partition coefficient (Wildman–Crippen LogP) is 3.24. The van der Waals surface area contributed by atoms with Gasteiger partial charge < -0.3 is 10.6 Å². The van der Waals surface area contributed by atoms with Gasteiger partial charge in [-0.25, -0.2) is 0 Å². The van der Waals surface area contributed by atoms with Crippen molar-refractivity contribution < 1.29 is 4.79 Å². The van der Waals surface area contributed by atoms with Crippen molar-refractivity contribution in [2.45, 2.75) is 53.0 Å². The third-order valence-electron chi connectivity index (χ3n) is 3.39. The molecule has 0 saturated carbocycles. The standard InChI is InChI=1S/C18H30N2O/c1-14(2)12-20-17(21)10-11-19-13-15-6-8-16(9-7-15)18(3,4)5/h6-9,14,19H,10-13H2,1-5H3,(H,20,21). The van der Waals surface area contributed by atoms with E-state index in [4.69, 9.17) is 0 Å². The van der Waals surface area contributed by atoms with Crippen LogP contribution in [0.5, 0.6) is 0 Å². The average Bonchev–Trinajstić information content (AvgIpc) is 2.41. The van der Waals surface area contributed by atoms with Crippen LogP contribution >= 0.6 is 0 Å². The molecule has 1 amide bonds. The van der Waals surface area contributed by atoms with Crippen LogP contribution in [0.4, 0.5) is 0 Å². The first-order valence-electron chi connectivity index (χ1n) is 7.86. The Morgan fingerprint density at radius 1 is 1.14 bits per heavy atom. The van der Waals surface area contributed by atoms with Gasteiger partial charge in [-0.2, -0.15) is 0 Å². The molecule has 1 rings (SSSR count). The number of nitrogens with one attached hydrogen (secondary N) is 2. The van der Waals surface area contributed by atoms with Crippen molar-refractivity contribution in [2.24, 2.45) is 5.92 Å². The van der Waals surface area contributed by atoms with Crippen molar-refractivity contribution in [1.29, 1.82) is 0 Å². The summed E-state index contributed by atoms with van der Waals surface area (Å²) >= 11 is 0. The number of carbonyl (C=O) groups excluding carboxylic acids is 1. The molecule has 0 radical (unpaired) electrons. The molecule has 0 aromatic heterocycles. The summed E-state index contributed by atoms with van der Waals surface area (Å²) < 4.78 is 0. The zero-order valence-corrected chi connectivity index (χ0v) is 14.1. The Kier molecular flexibility index (Phi) is 6.90. The summed E-state index contributed by atoms with van der Waals surface area (Å²) in [5.74, 6) is 0.627. The minimum absolute atomic E-state index is 0.124. The van der Waals surface area contributed by atoms with Gasteiger partial charge in [0.2, 0.25) is 5.91 Å². The highest BCUT2D eigenvalue weighted by Crippen LogP contribution is 2.22. The van der Waals surface area contributed by atoms with Gasteiger partial charge >= 0.3 is 0 Å². The van der Waals surface area contributed by atoms with Crippen molar-refractivity contribution in [3.63, 3.8) is 0 Å². The molecular formula is C18H30N2O. The number of benzene rings is 1. The first kappa shape index (κ1) is 17.7. The molecule has 0 fully saturated rings. The molecule has 0 aliphatic heterocycles. The van der Waals surface area contributed by atoms with E-state index in [0.29, 0.717) is 18.9 Å². The smallest absolute Gasteiger partial charge is 0.221 e. The maximum absolute atomic E-state index is 11.6. The Morgan fingerprint density at radius 2 is 1.76 bits per heavy atom. The Hall–Kier alpha value is -1.35. The molecule has 0 bridgehead atoms. The van der Waals surface area contributed by atoms with Crippen molar-refractivity contribution in [1.82, 2.24) is 10.6 Å². The quantitative estimate of drug-likeness (QED) is 0.757. The van der Waals surface area contributed by atoms with Crippen LogP contribution in [0.25, 0.3) is 0 Å². The van der Waals surface area contributed by atoms with E-state index in [1.807, 2.05) is 0 Å². The summed E-state index contributed by atoms with van der Waals surface area (Å²) in [6, 6.07) is 8.69. The fourth-order valence-electron chi connectivity index (χ4n) is 1.96. The Bertz CT molecular complexity index is 430. The minimum Gasteiger partial charge on any atom is -0.356 e. The Labute approximate surface area is 129 Å². The van der Waals surface area contributed by atoms with E-state index in [2.05, 4.69) is 69.5 Å². The van der Waals surface area contributed by atoms with Crippen LogP contribution in [0.2, 0.25) is 0 Å². The van der Waals surface area contributed by atoms with Crippen LogP contribution in [0, 0.1) is 5.92 Å². The second-order valence-electron chi connectivity index (χ2n) is 7.07. The molecule has 0 saturated heterocycles. The number of amides is 1. The molecule has 0 aliphatic rings. The molecule has 0 spiro atoms. The summed E-state index contributed by atoms with van der Waals surface area (Å²) in [4.78, 5) is 11.6. The lowest BCUT2D eigenvalue weighted by Crippen LogP contribution is -2.30. The number of hydrogen-bond acceptors (Lipinski definition) is 2. The third-order valence-corrected chi connectivity index (χ3v) is 3.39. The van der Waals surface area contributed by atoms with Crippen molar-refractivity contribution >= 4 is 5.91 Å². The van der Waals surface area contributed by atoms with E-state index in [0.717, 1.165) is 13.1 Å². The van der Waals surface area contributed by atoms with E-state index >= 15 is 0 Å². The van der Waals surface area contributed by atoms with Gasteiger partial charge in [0, 0.05) is 26.1 Å². The first-order valence-corrected chi connectivity index (χ1v) is 7.86.